The molecule has 5 rings (SSSR count). The van der Waals surface area contributed by atoms with Crippen molar-refractivity contribution in [2.75, 3.05) is 20.1 Å². The van der Waals surface area contributed by atoms with E-state index in [1.54, 1.807) is 16.8 Å². The summed E-state index contributed by atoms with van der Waals surface area (Å²) >= 11 is 0. The first-order chi connectivity index (χ1) is 21.5. The van der Waals surface area contributed by atoms with Crippen LogP contribution in [-0.2, 0) is 42.1 Å². The lowest BCUT2D eigenvalue weighted by atomic mass is 9.93. The van der Waals surface area contributed by atoms with Crippen LogP contribution in [0.3, 0.4) is 0 Å². The fourth-order valence-electron chi connectivity index (χ4n) is 6.58. The molecule has 244 valence electrons. The van der Waals surface area contributed by atoms with Crippen molar-refractivity contribution in [1.82, 2.24) is 19.8 Å². The number of nitrogens with one attached hydrogen (secondary N) is 2. The molecule has 1 aromatic carbocycles. The number of hydrogen-bond donors (Lipinski definition) is 2. The molecule has 1 aromatic rings. The number of fused-ring (bicyclic) bond motifs is 1. The number of allylic oxidation sites excluding steroid dienone is 1. The van der Waals surface area contributed by atoms with E-state index >= 15 is 0 Å². The van der Waals surface area contributed by atoms with Gasteiger partial charge in [-0.25, -0.2) is 13.2 Å². The summed E-state index contributed by atoms with van der Waals surface area (Å²) in [5.74, 6) is -3.66. The van der Waals surface area contributed by atoms with Gasteiger partial charge >= 0.3 is 6.09 Å². The van der Waals surface area contributed by atoms with Gasteiger partial charge in [-0.2, -0.15) is 0 Å². The lowest BCUT2D eigenvalue weighted by Crippen LogP contribution is -2.54. The highest BCUT2D eigenvalue weighted by Gasteiger charge is 2.62. The van der Waals surface area contributed by atoms with Crippen molar-refractivity contribution >= 4 is 33.8 Å². The Hall–Kier alpha value is -3.67. The van der Waals surface area contributed by atoms with Gasteiger partial charge in [0.05, 0.1) is 17.1 Å². The maximum Gasteiger partial charge on any atom is 0.410 e. The minimum absolute atomic E-state index is 0.111. The molecule has 3 aliphatic carbocycles. The second-order valence-electron chi connectivity index (χ2n) is 12.9. The van der Waals surface area contributed by atoms with Crippen molar-refractivity contribution in [2.24, 2.45) is 17.8 Å². The minimum Gasteiger partial charge on any atom is -0.446 e. The van der Waals surface area contributed by atoms with Crippen LogP contribution >= 0.6 is 0 Å². The Morgan fingerprint density at radius 1 is 1.09 bits per heavy atom. The normalized spacial score (nSPS) is 27.1. The number of ether oxygens (including phenoxy) is 1. The number of rotatable bonds is 13. The highest BCUT2D eigenvalue weighted by atomic mass is 32.2. The van der Waals surface area contributed by atoms with Gasteiger partial charge in [-0.1, -0.05) is 36.4 Å². The van der Waals surface area contributed by atoms with Gasteiger partial charge in [-0.15, -0.1) is 13.2 Å². The molecule has 3 saturated carbocycles. The van der Waals surface area contributed by atoms with E-state index in [0.29, 0.717) is 38.9 Å². The fourth-order valence-corrected chi connectivity index (χ4v) is 7.94. The standard InChI is InChI=1S/C33H44N4O7S/c1-4-6-7-10-16-36(3)30(39)28-19-25(44-32(41)37-17-15-22-11-8-9-12-23(22)21-37)18-27(28)29(38)34-33(20-24(33)5-2)31(40)35-45(42,43)26-13-14-26/h4-5,8-9,11-12,24-28H,1-2,6-7,10,13-21H2,3H3,(H,34,38)(H,35,40)/t24-,25-,27-,28-,33-/m1/s1. The van der Waals surface area contributed by atoms with Gasteiger partial charge in [0.25, 0.3) is 5.91 Å². The van der Waals surface area contributed by atoms with Crippen LogP contribution in [0.25, 0.3) is 0 Å². The molecule has 45 heavy (non-hydrogen) atoms. The third-order valence-electron chi connectivity index (χ3n) is 9.61. The van der Waals surface area contributed by atoms with Crippen molar-refractivity contribution in [1.29, 1.82) is 0 Å². The zero-order chi connectivity index (χ0) is 32.4. The highest BCUT2D eigenvalue weighted by molar-refractivity contribution is 7.91. The predicted octanol–water partition coefficient (Wildman–Crippen LogP) is 3.06. The average Bonchev–Trinajstić information content (AvgIpc) is 3.95. The summed E-state index contributed by atoms with van der Waals surface area (Å²) in [7, 11) is -2.13. The first-order valence-electron chi connectivity index (χ1n) is 15.9. The molecule has 1 heterocycles. The quantitative estimate of drug-likeness (QED) is 0.249. The van der Waals surface area contributed by atoms with Gasteiger partial charge in [0.1, 0.15) is 11.6 Å². The molecule has 0 aromatic heterocycles. The Morgan fingerprint density at radius 2 is 1.80 bits per heavy atom. The molecule has 1 aliphatic heterocycles. The van der Waals surface area contributed by atoms with E-state index in [9.17, 15) is 27.6 Å². The van der Waals surface area contributed by atoms with Crippen molar-refractivity contribution in [2.45, 2.75) is 81.2 Å². The van der Waals surface area contributed by atoms with Crippen molar-refractivity contribution in [3.63, 3.8) is 0 Å². The van der Waals surface area contributed by atoms with Crippen LogP contribution in [0.4, 0.5) is 4.79 Å². The molecule has 11 nitrogen and oxygen atoms in total. The molecule has 0 spiro atoms. The first-order valence-corrected chi connectivity index (χ1v) is 17.4. The maximum atomic E-state index is 13.9. The summed E-state index contributed by atoms with van der Waals surface area (Å²) in [4.78, 5) is 57.3. The zero-order valence-corrected chi connectivity index (χ0v) is 26.7. The average molecular weight is 641 g/mol. The number of carbonyl (C=O) groups is 4. The van der Waals surface area contributed by atoms with Gasteiger partial charge in [-0.3, -0.25) is 19.1 Å². The molecule has 0 saturated heterocycles. The molecule has 2 N–H and O–H groups in total. The molecule has 0 radical (unpaired) electrons. The van der Waals surface area contributed by atoms with Crippen LogP contribution in [-0.4, -0.2) is 79.1 Å². The first kappa shape index (κ1) is 32.7. The smallest absolute Gasteiger partial charge is 0.410 e. The molecule has 3 fully saturated rings. The topological polar surface area (TPSA) is 142 Å². The molecule has 0 unspecified atom stereocenters. The fraction of sp³-hybridized carbons (Fsp3) is 0.576. The molecular weight excluding hydrogens is 596 g/mol. The second kappa shape index (κ2) is 13.4. The summed E-state index contributed by atoms with van der Waals surface area (Å²) in [5, 5.41) is 2.21. The Bertz CT molecular complexity index is 1460. The van der Waals surface area contributed by atoms with Crippen LogP contribution in [0.5, 0.6) is 0 Å². The van der Waals surface area contributed by atoms with Gasteiger partial charge in [0.15, 0.2) is 0 Å². The Kier molecular flexibility index (Phi) is 9.71. The number of hydrogen-bond acceptors (Lipinski definition) is 7. The van der Waals surface area contributed by atoms with E-state index in [1.807, 2.05) is 30.3 Å². The number of carbonyl (C=O) groups excluding carboxylic acids is 4. The molecular formula is C33H44N4O7S. The predicted molar refractivity (Wildman–Crippen MR) is 168 cm³/mol. The van der Waals surface area contributed by atoms with Gasteiger partial charge in [-0.05, 0) is 68.9 Å². The van der Waals surface area contributed by atoms with Gasteiger partial charge in [0.2, 0.25) is 21.8 Å². The summed E-state index contributed by atoms with van der Waals surface area (Å²) in [5.41, 5.74) is 0.798. The number of sulfonamides is 1. The SMILES string of the molecule is C=CCCCCN(C)C(=O)[C@@H]1C[C@H](OC(=O)N2CCc3ccccc3C2)C[C@H]1C(=O)N[C@]1(C(=O)NS(=O)(=O)C2CC2)C[C@H]1C=C. The Labute approximate surface area is 265 Å². The molecule has 5 atom stereocenters. The number of benzene rings is 1. The van der Waals surface area contributed by atoms with E-state index in [4.69, 9.17) is 4.74 Å². The number of unbranched alkanes of at least 4 members (excludes halogenated alkanes) is 2. The van der Waals surface area contributed by atoms with Crippen LogP contribution in [0.15, 0.2) is 49.6 Å². The van der Waals surface area contributed by atoms with Gasteiger partial charge in [0, 0.05) is 32.6 Å². The Morgan fingerprint density at radius 3 is 2.47 bits per heavy atom. The van der Waals surface area contributed by atoms with Crippen LogP contribution in [0.2, 0.25) is 0 Å². The lowest BCUT2D eigenvalue weighted by molar-refractivity contribution is -0.140. The molecule has 4 aliphatic rings. The summed E-state index contributed by atoms with van der Waals surface area (Å²) in [6, 6.07) is 7.94. The van der Waals surface area contributed by atoms with E-state index in [1.165, 1.54) is 11.6 Å². The van der Waals surface area contributed by atoms with Crippen LogP contribution in [0.1, 0.15) is 62.5 Å². The van der Waals surface area contributed by atoms with Gasteiger partial charge < -0.3 is 19.9 Å². The maximum absolute atomic E-state index is 13.9. The van der Waals surface area contributed by atoms with Crippen molar-refractivity contribution in [3.8, 4) is 0 Å². The number of nitrogens with zero attached hydrogens (tertiary/aromatic N) is 2. The summed E-state index contributed by atoms with van der Waals surface area (Å²) < 4.78 is 33.1. The molecule has 4 amide bonds. The van der Waals surface area contributed by atoms with E-state index in [0.717, 1.165) is 24.8 Å². The molecule has 0 bridgehead atoms. The lowest BCUT2D eigenvalue weighted by Gasteiger charge is -2.29. The van der Waals surface area contributed by atoms with Crippen molar-refractivity contribution < 1.29 is 32.3 Å². The third-order valence-corrected chi connectivity index (χ3v) is 11.4. The van der Waals surface area contributed by atoms with Crippen molar-refractivity contribution in [3.05, 3.63) is 60.7 Å². The minimum atomic E-state index is -3.83. The monoisotopic (exact) mass is 640 g/mol. The van der Waals surface area contributed by atoms with Crippen LogP contribution in [0, 0.1) is 17.8 Å². The number of amides is 4. The third kappa shape index (κ3) is 7.26. The summed E-state index contributed by atoms with van der Waals surface area (Å²) in [6.07, 6.45) is 6.84. The zero-order valence-electron chi connectivity index (χ0n) is 25.9. The highest BCUT2D eigenvalue weighted by Crippen LogP contribution is 2.46. The van der Waals surface area contributed by atoms with E-state index in [-0.39, 0.29) is 25.2 Å². The summed E-state index contributed by atoms with van der Waals surface area (Å²) in [6.45, 7) is 8.91. The molecule has 12 heteroatoms. The largest absolute Gasteiger partial charge is 0.446 e. The van der Waals surface area contributed by atoms with E-state index in [2.05, 4.69) is 23.2 Å². The Balaban J connectivity index is 1.29. The van der Waals surface area contributed by atoms with Crippen LogP contribution < -0.4 is 10.0 Å². The van der Waals surface area contributed by atoms with E-state index < -0.39 is 62.6 Å². The second-order valence-corrected chi connectivity index (χ2v) is 14.8.